The Morgan fingerprint density at radius 2 is 1.73 bits per heavy atom. The minimum absolute atomic E-state index is 0.00489. The number of ether oxygens (including phenoxy) is 4. The number of nitrogens with zero attached hydrogens (tertiary/aromatic N) is 1. The van der Waals surface area contributed by atoms with E-state index in [0.29, 0.717) is 33.0 Å². The van der Waals surface area contributed by atoms with Gasteiger partial charge in [0.15, 0.2) is 16.6 Å². The van der Waals surface area contributed by atoms with Gasteiger partial charge >= 0.3 is 6.36 Å². The van der Waals surface area contributed by atoms with E-state index in [1.807, 2.05) is 0 Å². The third-order valence-corrected chi connectivity index (χ3v) is 4.86. The van der Waals surface area contributed by atoms with Gasteiger partial charge < -0.3 is 24.3 Å². The summed E-state index contributed by atoms with van der Waals surface area (Å²) in [7, 11) is 4.42. The summed E-state index contributed by atoms with van der Waals surface area (Å²) in [6.45, 7) is 0. The first kappa shape index (κ1) is 21.5. The Kier molecular flexibility index (Phi) is 6.20. The Morgan fingerprint density at radius 1 is 1.07 bits per heavy atom. The lowest BCUT2D eigenvalue weighted by atomic mass is 10.1. The normalized spacial score (nSPS) is 11.3. The number of methoxy groups -OCH3 is 3. The topological polar surface area (TPSA) is 78.9 Å². The predicted molar refractivity (Wildman–Crippen MR) is 105 cm³/mol. The number of amides is 1. The van der Waals surface area contributed by atoms with Crippen molar-refractivity contribution in [1.82, 2.24) is 4.98 Å². The Morgan fingerprint density at radius 3 is 2.30 bits per heavy atom. The van der Waals surface area contributed by atoms with Crippen molar-refractivity contribution in [3.8, 4) is 23.0 Å². The van der Waals surface area contributed by atoms with Crippen molar-refractivity contribution >= 4 is 32.6 Å². The number of nitrogens with one attached hydrogen (secondary N) is 1. The standard InChI is InChI=1S/C19H17F3N2O5S/c1-26-13-6-10(7-14(27-2)17(13)28-3)8-16(25)24-18-23-12-5-4-11(9-15(12)30-18)29-19(20,21)22/h4-7,9H,8H2,1-3H3,(H,23,24,25). The molecule has 0 fully saturated rings. The van der Waals surface area contributed by atoms with E-state index >= 15 is 0 Å². The van der Waals surface area contributed by atoms with Crippen molar-refractivity contribution in [3.05, 3.63) is 35.9 Å². The Labute approximate surface area is 173 Å². The van der Waals surface area contributed by atoms with Gasteiger partial charge in [-0.2, -0.15) is 0 Å². The van der Waals surface area contributed by atoms with Crippen LogP contribution in [0.3, 0.4) is 0 Å². The van der Waals surface area contributed by atoms with Gasteiger partial charge in [-0.05, 0) is 29.8 Å². The van der Waals surface area contributed by atoms with Gasteiger partial charge in [-0.15, -0.1) is 13.2 Å². The number of carbonyl (C=O) groups excluding carboxylic acids is 1. The fourth-order valence-electron chi connectivity index (χ4n) is 2.74. The summed E-state index contributed by atoms with van der Waals surface area (Å²) in [4.78, 5) is 16.6. The molecule has 1 heterocycles. The Balaban J connectivity index is 1.75. The van der Waals surface area contributed by atoms with E-state index in [9.17, 15) is 18.0 Å². The molecule has 11 heteroatoms. The van der Waals surface area contributed by atoms with Crippen LogP contribution >= 0.6 is 11.3 Å². The van der Waals surface area contributed by atoms with Crippen molar-refractivity contribution in [2.24, 2.45) is 0 Å². The highest BCUT2D eigenvalue weighted by Gasteiger charge is 2.31. The van der Waals surface area contributed by atoms with Crippen molar-refractivity contribution in [2.45, 2.75) is 12.8 Å². The third-order valence-electron chi connectivity index (χ3n) is 3.93. The molecule has 0 unspecified atom stereocenters. The molecule has 0 aliphatic rings. The number of hydrogen-bond donors (Lipinski definition) is 1. The minimum Gasteiger partial charge on any atom is -0.493 e. The maximum absolute atomic E-state index is 12.4. The molecular formula is C19H17F3N2O5S. The number of hydrogen-bond acceptors (Lipinski definition) is 7. The van der Waals surface area contributed by atoms with Gasteiger partial charge in [0.25, 0.3) is 0 Å². The average Bonchev–Trinajstić information content (AvgIpc) is 3.06. The van der Waals surface area contributed by atoms with E-state index in [1.165, 1.54) is 33.5 Å². The van der Waals surface area contributed by atoms with Crippen LogP contribution in [0.1, 0.15) is 5.56 Å². The van der Waals surface area contributed by atoms with E-state index in [2.05, 4.69) is 15.0 Å². The summed E-state index contributed by atoms with van der Waals surface area (Å²) in [6, 6.07) is 7.08. The van der Waals surface area contributed by atoms with Gasteiger partial charge in [-0.1, -0.05) is 11.3 Å². The molecule has 0 saturated carbocycles. The lowest BCUT2D eigenvalue weighted by Crippen LogP contribution is -2.16. The first-order valence-electron chi connectivity index (χ1n) is 8.47. The van der Waals surface area contributed by atoms with E-state index in [-0.39, 0.29) is 23.2 Å². The van der Waals surface area contributed by atoms with Gasteiger partial charge in [0.05, 0.1) is 38.0 Å². The van der Waals surface area contributed by atoms with E-state index in [4.69, 9.17) is 14.2 Å². The number of benzene rings is 2. The molecule has 0 spiro atoms. The number of fused-ring (bicyclic) bond motifs is 1. The highest BCUT2D eigenvalue weighted by atomic mass is 32.1. The van der Waals surface area contributed by atoms with E-state index in [1.54, 1.807) is 12.1 Å². The van der Waals surface area contributed by atoms with Gasteiger partial charge in [0.1, 0.15) is 5.75 Å². The molecule has 0 radical (unpaired) electrons. The molecule has 2 aromatic carbocycles. The summed E-state index contributed by atoms with van der Waals surface area (Å²) in [6.07, 6.45) is -4.79. The molecule has 1 amide bonds. The number of rotatable bonds is 7. The summed E-state index contributed by atoms with van der Waals surface area (Å²) >= 11 is 1.04. The van der Waals surface area contributed by atoms with Crippen molar-refractivity contribution < 1.29 is 36.9 Å². The zero-order chi connectivity index (χ0) is 21.9. The molecule has 0 atom stereocenters. The van der Waals surface area contributed by atoms with E-state index in [0.717, 1.165) is 17.4 Å². The van der Waals surface area contributed by atoms with Crippen LogP contribution in [0.4, 0.5) is 18.3 Å². The van der Waals surface area contributed by atoms with Gasteiger partial charge in [0.2, 0.25) is 11.7 Å². The zero-order valence-electron chi connectivity index (χ0n) is 16.1. The molecule has 3 rings (SSSR count). The quantitative estimate of drug-likeness (QED) is 0.584. The Hall–Kier alpha value is -3.21. The van der Waals surface area contributed by atoms with Crippen LogP contribution in [0.5, 0.6) is 23.0 Å². The highest BCUT2D eigenvalue weighted by Crippen LogP contribution is 2.38. The van der Waals surface area contributed by atoms with Crippen LogP contribution < -0.4 is 24.3 Å². The second-order valence-corrected chi connectivity index (χ2v) is 6.99. The van der Waals surface area contributed by atoms with Gasteiger partial charge in [0, 0.05) is 6.07 Å². The van der Waals surface area contributed by atoms with Crippen LogP contribution in [-0.4, -0.2) is 38.6 Å². The fraction of sp³-hybridized carbons (Fsp3) is 0.263. The molecule has 3 aromatic rings. The number of aromatic nitrogens is 1. The molecule has 160 valence electrons. The Bertz CT molecular complexity index is 1040. The van der Waals surface area contributed by atoms with Crippen LogP contribution in [0.15, 0.2) is 30.3 Å². The number of alkyl halides is 3. The largest absolute Gasteiger partial charge is 0.573 e. The smallest absolute Gasteiger partial charge is 0.493 e. The SMILES string of the molecule is COc1cc(CC(=O)Nc2nc3ccc(OC(F)(F)F)cc3s2)cc(OC)c1OC. The molecular weight excluding hydrogens is 425 g/mol. The number of carbonyl (C=O) groups is 1. The second-order valence-electron chi connectivity index (χ2n) is 5.95. The monoisotopic (exact) mass is 442 g/mol. The predicted octanol–water partition coefficient (Wildman–Crippen LogP) is 4.40. The first-order valence-corrected chi connectivity index (χ1v) is 9.29. The molecule has 1 N–H and O–H groups in total. The van der Waals surface area contributed by atoms with Crippen LogP contribution in [0, 0.1) is 0 Å². The van der Waals surface area contributed by atoms with Crippen molar-refractivity contribution in [1.29, 1.82) is 0 Å². The number of anilines is 1. The lowest BCUT2D eigenvalue weighted by molar-refractivity contribution is -0.274. The minimum atomic E-state index is -4.78. The molecule has 0 aliphatic heterocycles. The van der Waals surface area contributed by atoms with Gasteiger partial charge in [-0.3, -0.25) is 4.79 Å². The molecule has 7 nitrogen and oxygen atoms in total. The first-order chi connectivity index (χ1) is 14.2. The third kappa shape index (κ3) is 5.03. The summed E-state index contributed by atoms with van der Waals surface area (Å²) < 4.78 is 57.2. The molecule has 0 saturated heterocycles. The maximum atomic E-state index is 12.4. The fourth-order valence-corrected chi connectivity index (χ4v) is 3.65. The molecule has 1 aromatic heterocycles. The summed E-state index contributed by atoms with van der Waals surface area (Å²) in [5, 5.41) is 2.90. The molecule has 0 bridgehead atoms. The van der Waals surface area contributed by atoms with E-state index < -0.39 is 6.36 Å². The number of thiazole rings is 1. The molecule has 30 heavy (non-hydrogen) atoms. The molecule has 0 aliphatic carbocycles. The van der Waals surface area contributed by atoms with Crippen molar-refractivity contribution in [3.63, 3.8) is 0 Å². The van der Waals surface area contributed by atoms with Crippen LogP contribution in [-0.2, 0) is 11.2 Å². The summed E-state index contributed by atoms with van der Waals surface area (Å²) in [5.74, 6) is 0.518. The lowest BCUT2D eigenvalue weighted by Gasteiger charge is -2.13. The zero-order valence-corrected chi connectivity index (χ0v) is 16.9. The second kappa shape index (κ2) is 8.66. The summed E-state index contributed by atoms with van der Waals surface area (Å²) in [5.41, 5.74) is 1.06. The van der Waals surface area contributed by atoms with Gasteiger partial charge in [-0.25, -0.2) is 4.98 Å². The van der Waals surface area contributed by atoms with Crippen LogP contribution in [0.2, 0.25) is 0 Å². The number of halogens is 3. The van der Waals surface area contributed by atoms with Crippen molar-refractivity contribution in [2.75, 3.05) is 26.6 Å². The highest BCUT2D eigenvalue weighted by molar-refractivity contribution is 7.22. The average molecular weight is 442 g/mol. The van der Waals surface area contributed by atoms with Crippen LogP contribution in [0.25, 0.3) is 10.2 Å². The maximum Gasteiger partial charge on any atom is 0.573 e.